The van der Waals surface area contributed by atoms with E-state index in [0.29, 0.717) is 5.75 Å². The molecule has 0 saturated carbocycles. The molecule has 7 heteroatoms. The molecule has 3 aromatic rings. The summed E-state index contributed by atoms with van der Waals surface area (Å²) in [6.07, 6.45) is 0.897. The highest BCUT2D eigenvalue weighted by Gasteiger charge is 2.15. The number of nitrogens with zero attached hydrogens (tertiary/aromatic N) is 2. The molecule has 0 saturated heterocycles. The number of phenolic OH excluding ortho intramolecular Hbond substituents is 1. The number of hydrogen-bond donors (Lipinski definition) is 2. The highest BCUT2D eigenvalue weighted by Crippen LogP contribution is 2.24. The molecule has 1 atom stereocenters. The van der Waals surface area contributed by atoms with Crippen LogP contribution in [0.25, 0.3) is 5.69 Å². The van der Waals surface area contributed by atoms with Gasteiger partial charge >= 0.3 is 0 Å². The number of nitrogens with one attached hydrogen (secondary N) is 1. The molecule has 2 N–H and O–H groups in total. The van der Waals surface area contributed by atoms with Crippen LogP contribution in [-0.2, 0) is 4.79 Å². The van der Waals surface area contributed by atoms with Crippen LogP contribution in [0.15, 0.2) is 58.1 Å². The monoisotopic (exact) mass is 469 g/mol. The highest BCUT2D eigenvalue weighted by atomic mass is 79.9. The van der Waals surface area contributed by atoms with Crippen molar-refractivity contribution in [1.29, 1.82) is 0 Å². The first-order valence-corrected chi connectivity index (χ1v) is 10.3. The smallest absolute Gasteiger partial charge is 0.280 e. The largest absolute Gasteiger partial charge is 0.508 e. The quantitative estimate of drug-likeness (QED) is 0.402. The van der Waals surface area contributed by atoms with E-state index in [9.17, 15) is 9.90 Å². The number of halogens is 1. The summed E-state index contributed by atoms with van der Waals surface area (Å²) in [5.41, 5.74) is 7.34. The van der Waals surface area contributed by atoms with Crippen molar-refractivity contribution in [1.82, 2.24) is 9.99 Å². The van der Waals surface area contributed by atoms with E-state index in [1.807, 2.05) is 44.2 Å². The molecule has 30 heavy (non-hydrogen) atoms. The first-order chi connectivity index (χ1) is 14.3. The molecule has 156 valence electrons. The number of carbonyl (C=O) groups is 1. The third-order valence-electron chi connectivity index (χ3n) is 4.76. The second-order valence-corrected chi connectivity index (χ2v) is 8.00. The van der Waals surface area contributed by atoms with E-state index >= 15 is 0 Å². The van der Waals surface area contributed by atoms with Crippen LogP contribution in [0, 0.1) is 20.8 Å². The summed E-state index contributed by atoms with van der Waals surface area (Å²) in [7, 11) is 0. The Hall–Kier alpha value is -3.06. The molecule has 0 radical (unpaired) electrons. The first-order valence-electron chi connectivity index (χ1n) is 9.50. The van der Waals surface area contributed by atoms with Gasteiger partial charge in [0.1, 0.15) is 11.5 Å². The zero-order valence-electron chi connectivity index (χ0n) is 17.3. The Morgan fingerprint density at radius 2 is 1.87 bits per heavy atom. The number of rotatable bonds is 6. The first kappa shape index (κ1) is 21.6. The SMILES string of the molecule is Cc1cc(O)ccc1OC(C)C(=O)N/N=C/c1cc(C)n(-c2ccc(Br)cc2)c1C. The van der Waals surface area contributed by atoms with Gasteiger partial charge in [0, 0.05) is 27.1 Å². The van der Waals surface area contributed by atoms with Gasteiger partial charge < -0.3 is 14.4 Å². The zero-order chi connectivity index (χ0) is 21.8. The molecular formula is C23H24BrN3O3. The summed E-state index contributed by atoms with van der Waals surface area (Å²) in [6, 6.07) is 14.8. The number of aromatic hydroxyl groups is 1. The number of amides is 1. The van der Waals surface area contributed by atoms with Crippen molar-refractivity contribution in [3.63, 3.8) is 0 Å². The standard InChI is InChI=1S/C23H24BrN3O3/c1-14-11-21(28)9-10-22(14)30-17(4)23(29)26-25-13-18-12-15(2)27(16(18)3)20-7-5-19(24)6-8-20/h5-13,17,28H,1-4H3,(H,26,29)/b25-13+. The zero-order valence-corrected chi connectivity index (χ0v) is 18.9. The maximum absolute atomic E-state index is 12.3. The predicted molar refractivity (Wildman–Crippen MR) is 122 cm³/mol. The fourth-order valence-corrected chi connectivity index (χ4v) is 3.44. The molecule has 0 aliphatic carbocycles. The summed E-state index contributed by atoms with van der Waals surface area (Å²) in [4.78, 5) is 12.3. The Kier molecular flexibility index (Phi) is 6.62. The topological polar surface area (TPSA) is 75.8 Å². The number of aryl methyl sites for hydroxylation is 2. The van der Waals surface area contributed by atoms with Crippen LogP contribution in [0.3, 0.4) is 0 Å². The van der Waals surface area contributed by atoms with Gasteiger partial charge in [-0.1, -0.05) is 15.9 Å². The van der Waals surface area contributed by atoms with Gasteiger partial charge in [0.25, 0.3) is 5.91 Å². The molecule has 1 amide bonds. The molecular weight excluding hydrogens is 446 g/mol. The Bertz CT molecular complexity index is 1090. The normalized spacial score (nSPS) is 12.2. The third-order valence-corrected chi connectivity index (χ3v) is 5.29. The van der Waals surface area contributed by atoms with Crippen LogP contribution in [0.1, 0.15) is 29.4 Å². The Labute approximate surface area is 184 Å². The van der Waals surface area contributed by atoms with Crippen molar-refractivity contribution in [2.45, 2.75) is 33.8 Å². The van der Waals surface area contributed by atoms with Gasteiger partial charge in [-0.2, -0.15) is 5.10 Å². The number of aromatic nitrogens is 1. The number of ether oxygens (including phenoxy) is 1. The number of carbonyl (C=O) groups excluding carboxylic acids is 1. The predicted octanol–water partition coefficient (Wildman–Crippen LogP) is 4.79. The average molecular weight is 470 g/mol. The molecule has 0 fully saturated rings. The van der Waals surface area contributed by atoms with E-state index in [0.717, 1.165) is 32.7 Å². The number of phenols is 1. The molecule has 0 bridgehead atoms. The Morgan fingerprint density at radius 1 is 1.17 bits per heavy atom. The third kappa shape index (κ3) is 4.91. The van der Waals surface area contributed by atoms with Crippen molar-refractivity contribution in [3.05, 3.63) is 75.5 Å². The van der Waals surface area contributed by atoms with Crippen molar-refractivity contribution in [2.24, 2.45) is 5.10 Å². The maximum Gasteiger partial charge on any atom is 0.280 e. The van der Waals surface area contributed by atoms with Crippen LogP contribution in [0.5, 0.6) is 11.5 Å². The molecule has 1 aromatic heterocycles. The summed E-state index contributed by atoms with van der Waals surface area (Å²) in [6.45, 7) is 7.49. The molecule has 1 unspecified atom stereocenters. The second-order valence-electron chi connectivity index (χ2n) is 7.08. The van der Waals surface area contributed by atoms with E-state index in [1.165, 1.54) is 6.07 Å². The van der Waals surface area contributed by atoms with E-state index in [-0.39, 0.29) is 11.7 Å². The molecule has 6 nitrogen and oxygen atoms in total. The Morgan fingerprint density at radius 3 is 2.53 bits per heavy atom. The van der Waals surface area contributed by atoms with Gasteiger partial charge in [-0.25, -0.2) is 5.43 Å². The molecule has 3 rings (SSSR count). The summed E-state index contributed by atoms with van der Waals surface area (Å²) in [5.74, 6) is 0.334. The lowest BCUT2D eigenvalue weighted by Gasteiger charge is -2.14. The summed E-state index contributed by atoms with van der Waals surface area (Å²) < 4.78 is 8.83. The van der Waals surface area contributed by atoms with E-state index in [2.05, 4.69) is 31.0 Å². The van der Waals surface area contributed by atoms with Gasteiger partial charge in [-0.15, -0.1) is 0 Å². The van der Waals surface area contributed by atoms with E-state index in [1.54, 1.807) is 32.2 Å². The molecule has 0 spiro atoms. The number of benzene rings is 2. The van der Waals surface area contributed by atoms with E-state index < -0.39 is 6.10 Å². The van der Waals surface area contributed by atoms with Crippen molar-refractivity contribution >= 4 is 28.1 Å². The number of hydrazone groups is 1. The van der Waals surface area contributed by atoms with Gasteiger partial charge in [0.05, 0.1) is 6.21 Å². The molecule has 0 aliphatic rings. The van der Waals surface area contributed by atoms with Crippen LogP contribution in [0.2, 0.25) is 0 Å². The van der Waals surface area contributed by atoms with Crippen molar-refractivity contribution in [3.8, 4) is 17.2 Å². The average Bonchev–Trinajstić information content (AvgIpc) is 2.98. The van der Waals surface area contributed by atoms with Gasteiger partial charge in [0.2, 0.25) is 0 Å². The molecule has 0 aliphatic heterocycles. The minimum atomic E-state index is -0.736. The van der Waals surface area contributed by atoms with Gasteiger partial charge in [-0.05, 0) is 81.8 Å². The van der Waals surface area contributed by atoms with Gasteiger partial charge in [0.15, 0.2) is 6.10 Å². The van der Waals surface area contributed by atoms with Gasteiger partial charge in [-0.3, -0.25) is 4.79 Å². The highest BCUT2D eigenvalue weighted by molar-refractivity contribution is 9.10. The summed E-state index contributed by atoms with van der Waals surface area (Å²) in [5, 5.41) is 13.6. The van der Waals surface area contributed by atoms with Crippen LogP contribution >= 0.6 is 15.9 Å². The Balaban J connectivity index is 1.67. The minimum absolute atomic E-state index is 0.155. The lowest BCUT2D eigenvalue weighted by atomic mass is 10.2. The molecule has 1 heterocycles. The minimum Gasteiger partial charge on any atom is -0.508 e. The van der Waals surface area contributed by atoms with Crippen molar-refractivity contribution in [2.75, 3.05) is 0 Å². The van der Waals surface area contributed by atoms with Crippen LogP contribution < -0.4 is 10.2 Å². The van der Waals surface area contributed by atoms with E-state index in [4.69, 9.17) is 4.74 Å². The second kappa shape index (κ2) is 9.17. The lowest BCUT2D eigenvalue weighted by molar-refractivity contribution is -0.127. The summed E-state index contributed by atoms with van der Waals surface area (Å²) >= 11 is 3.46. The van der Waals surface area contributed by atoms with Crippen LogP contribution in [-0.4, -0.2) is 27.9 Å². The van der Waals surface area contributed by atoms with Crippen molar-refractivity contribution < 1.29 is 14.6 Å². The molecule has 2 aromatic carbocycles. The van der Waals surface area contributed by atoms with Crippen LogP contribution in [0.4, 0.5) is 0 Å². The maximum atomic E-state index is 12.3. The number of hydrogen-bond acceptors (Lipinski definition) is 4. The lowest BCUT2D eigenvalue weighted by Crippen LogP contribution is -2.33. The fraction of sp³-hybridized carbons (Fsp3) is 0.217. The fourth-order valence-electron chi connectivity index (χ4n) is 3.17.